The number of hydrogen-bond donors (Lipinski definition) is 1. The maximum Gasteiger partial charge on any atom is 0.305 e. The molecule has 0 atom stereocenters. The molecule has 4 nitrogen and oxygen atoms in total. The second-order valence-corrected chi connectivity index (χ2v) is 5.05. The van der Waals surface area contributed by atoms with Gasteiger partial charge in [0.2, 0.25) is 0 Å². The summed E-state index contributed by atoms with van der Waals surface area (Å²) in [4.78, 5) is 15.7. The van der Waals surface area contributed by atoms with Crippen LogP contribution in [0.1, 0.15) is 38.5 Å². The zero-order valence-electron chi connectivity index (χ0n) is 14.9. The van der Waals surface area contributed by atoms with Gasteiger partial charge in [0.1, 0.15) is 0 Å². The lowest BCUT2D eigenvalue weighted by molar-refractivity contribution is -0.143. The van der Waals surface area contributed by atoms with Crippen LogP contribution in [0.5, 0.6) is 0 Å². The average Bonchev–Trinajstić information content (AvgIpc) is 3.12. The highest BCUT2D eigenvalue weighted by atomic mass is 32.1. The van der Waals surface area contributed by atoms with Crippen LogP contribution in [0.3, 0.4) is 0 Å². The largest absolute Gasteiger partial charge is 0.466 e. The molecule has 0 aliphatic rings. The van der Waals surface area contributed by atoms with Crippen LogP contribution in [-0.2, 0) is 9.53 Å². The van der Waals surface area contributed by atoms with Crippen LogP contribution in [0.25, 0.3) is 6.08 Å². The Labute approximate surface area is 144 Å². The van der Waals surface area contributed by atoms with Crippen molar-refractivity contribution in [3.8, 4) is 0 Å². The highest BCUT2D eigenvalue weighted by Gasteiger charge is 1.93. The first-order chi connectivity index (χ1) is 11.2. The van der Waals surface area contributed by atoms with Gasteiger partial charge in [0, 0.05) is 18.3 Å². The molecule has 1 aromatic rings. The second kappa shape index (κ2) is 18.3. The Bertz CT molecular complexity index is 463. The number of esters is 1. The highest BCUT2D eigenvalue weighted by molar-refractivity contribution is 7.10. The van der Waals surface area contributed by atoms with Gasteiger partial charge >= 0.3 is 5.97 Å². The van der Waals surface area contributed by atoms with E-state index in [0.717, 1.165) is 12.1 Å². The van der Waals surface area contributed by atoms with E-state index >= 15 is 0 Å². The molecule has 0 aromatic carbocycles. The van der Waals surface area contributed by atoms with Crippen LogP contribution < -0.4 is 5.73 Å². The summed E-state index contributed by atoms with van der Waals surface area (Å²) >= 11 is 1.73. The monoisotopic (exact) mass is 338 g/mol. The molecular weight excluding hydrogens is 308 g/mol. The number of rotatable bonds is 6. The van der Waals surface area contributed by atoms with Crippen molar-refractivity contribution in [1.82, 2.24) is 0 Å². The topological polar surface area (TPSA) is 64.7 Å². The summed E-state index contributed by atoms with van der Waals surface area (Å²) in [5.74, 6) is -0.105. The molecule has 5 heteroatoms. The van der Waals surface area contributed by atoms with Crippen LogP contribution in [0, 0.1) is 0 Å². The number of nitrogens with zero attached hydrogens (tertiary/aromatic N) is 1. The molecular formula is C18H30N2O2S. The lowest BCUT2D eigenvalue weighted by atomic mass is 10.3. The summed E-state index contributed by atoms with van der Waals surface area (Å²) in [6, 6.07) is 4.13. The molecule has 1 heterocycles. The number of allylic oxidation sites excluding steroid dienone is 3. The molecule has 0 amide bonds. The van der Waals surface area contributed by atoms with Crippen LogP contribution >= 0.6 is 11.3 Å². The second-order valence-electron chi connectivity index (χ2n) is 4.07. The van der Waals surface area contributed by atoms with E-state index in [2.05, 4.69) is 28.2 Å². The van der Waals surface area contributed by atoms with E-state index in [9.17, 15) is 4.79 Å². The van der Waals surface area contributed by atoms with Crippen LogP contribution in [0.15, 0.2) is 40.7 Å². The fourth-order valence-corrected chi connectivity index (χ4v) is 1.86. The van der Waals surface area contributed by atoms with Gasteiger partial charge in [-0.25, -0.2) is 0 Å². The van der Waals surface area contributed by atoms with E-state index in [-0.39, 0.29) is 5.97 Å². The number of carbonyl (C=O) groups is 1. The van der Waals surface area contributed by atoms with Crippen molar-refractivity contribution in [2.24, 2.45) is 10.7 Å². The average molecular weight is 339 g/mol. The van der Waals surface area contributed by atoms with Gasteiger partial charge in [0.15, 0.2) is 0 Å². The zero-order chi connectivity index (χ0) is 17.9. The summed E-state index contributed by atoms with van der Waals surface area (Å²) in [6.07, 6.45) is 9.47. The summed E-state index contributed by atoms with van der Waals surface area (Å²) in [6.45, 7) is 6.32. The van der Waals surface area contributed by atoms with Crippen molar-refractivity contribution in [2.45, 2.75) is 33.6 Å². The van der Waals surface area contributed by atoms with Crippen molar-refractivity contribution in [3.63, 3.8) is 0 Å². The maximum atomic E-state index is 10.3. The smallest absolute Gasteiger partial charge is 0.305 e. The lowest BCUT2D eigenvalue weighted by Gasteiger charge is -1.97. The number of ether oxygens (including phenoxy) is 1. The molecule has 0 aliphatic carbocycles. The van der Waals surface area contributed by atoms with E-state index in [1.54, 1.807) is 25.3 Å². The molecule has 0 bridgehead atoms. The zero-order valence-corrected chi connectivity index (χ0v) is 15.7. The molecule has 0 unspecified atom stereocenters. The quantitative estimate of drug-likeness (QED) is 0.620. The van der Waals surface area contributed by atoms with E-state index in [1.807, 2.05) is 38.1 Å². The van der Waals surface area contributed by atoms with E-state index in [4.69, 9.17) is 4.74 Å². The SMILES string of the molecule is C/C=C\C(/C=C/c1cccs1)=NC.CCCOC(=O)CC.CN. The first-order valence-electron chi connectivity index (χ1n) is 7.72. The first kappa shape index (κ1) is 23.5. The Kier molecular flexibility index (Phi) is 18.8. The Morgan fingerprint density at radius 1 is 1.35 bits per heavy atom. The van der Waals surface area contributed by atoms with Crippen molar-refractivity contribution in [2.75, 3.05) is 20.7 Å². The fraction of sp³-hybridized carbons (Fsp3) is 0.444. The van der Waals surface area contributed by atoms with Gasteiger partial charge in [-0.2, -0.15) is 0 Å². The van der Waals surface area contributed by atoms with Gasteiger partial charge in [-0.05, 0) is 50.1 Å². The van der Waals surface area contributed by atoms with E-state index in [1.165, 1.54) is 11.9 Å². The van der Waals surface area contributed by atoms with Crippen LogP contribution in [-0.4, -0.2) is 32.4 Å². The van der Waals surface area contributed by atoms with Gasteiger partial charge in [-0.3, -0.25) is 9.79 Å². The third-order valence-corrected chi connectivity index (χ3v) is 3.15. The van der Waals surface area contributed by atoms with Crippen molar-refractivity contribution in [1.29, 1.82) is 0 Å². The fourth-order valence-electron chi connectivity index (χ4n) is 1.25. The summed E-state index contributed by atoms with van der Waals surface area (Å²) in [5.41, 5.74) is 5.50. The first-order valence-corrected chi connectivity index (χ1v) is 8.60. The number of carbonyl (C=O) groups excluding carboxylic acids is 1. The van der Waals surface area contributed by atoms with Gasteiger partial charge in [0.05, 0.1) is 12.3 Å². The molecule has 0 spiro atoms. The molecule has 1 aromatic heterocycles. The number of hydrogen-bond acceptors (Lipinski definition) is 5. The minimum absolute atomic E-state index is 0.105. The molecule has 2 N–H and O–H groups in total. The van der Waals surface area contributed by atoms with Crippen molar-refractivity contribution >= 4 is 29.1 Å². The highest BCUT2D eigenvalue weighted by Crippen LogP contribution is 2.10. The van der Waals surface area contributed by atoms with E-state index < -0.39 is 0 Å². The summed E-state index contributed by atoms with van der Waals surface area (Å²) < 4.78 is 4.70. The molecule has 0 radical (unpaired) electrons. The number of thiophene rings is 1. The Hall–Kier alpha value is -1.72. The molecule has 130 valence electrons. The van der Waals surface area contributed by atoms with Crippen LogP contribution in [0.2, 0.25) is 0 Å². The van der Waals surface area contributed by atoms with Gasteiger partial charge in [0.25, 0.3) is 0 Å². The molecule has 0 saturated carbocycles. The molecule has 1 rings (SSSR count). The third-order valence-electron chi connectivity index (χ3n) is 2.31. The van der Waals surface area contributed by atoms with Gasteiger partial charge in [-0.1, -0.05) is 26.0 Å². The Morgan fingerprint density at radius 2 is 2.04 bits per heavy atom. The number of nitrogens with two attached hydrogens (primary N) is 1. The molecule has 23 heavy (non-hydrogen) atoms. The standard InChI is InChI=1S/C11H13NS.C6H12O2.CH5N/c1-3-5-10(12-2)7-8-11-6-4-9-13-11;1-3-5-8-6(7)4-2;1-2/h3-9H,1-2H3;3-5H2,1-2H3;2H2,1H3/b5-3-,8-7+,12-10?;;. The third kappa shape index (κ3) is 15.0. The van der Waals surface area contributed by atoms with Gasteiger partial charge < -0.3 is 10.5 Å². The van der Waals surface area contributed by atoms with Crippen molar-refractivity contribution < 1.29 is 9.53 Å². The predicted molar refractivity (Wildman–Crippen MR) is 103 cm³/mol. The van der Waals surface area contributed by atoms with Crippen molar-refractivity contribution in [3.05, 3.63) is 40.6 Å². The van der Waals surface area contributed by atoms with Gasteiger partial charge in [-0.15, -0.1) is 11.3 Å². The minimum atomic E-state index is -0.105. The summed E-state index contributed by atoms with van der Waals surface area (Å²) in [7, 11) is 3.30. The Morgan fingerprint density at radius 3 is 2.48 bits per heavy atom. The molecule has 0 fully saturated rings. The van der Waals surface area contributed by atoms with Crippen LogP contribution in [0.4, 0.5) is 0 Å². The maximum absolute atomic E-state index is 10.3. The minimum Gasteiger partial charge on any atom is -0.466 e. The predicted octanol–water partition coefficient (Wildman–Crippen LogP) is 4.33. The number of aliphatic imine (C=N–C) groups is 1. The summed E-state index contributed by atoms with van der Waals surface area (Å²) in [5, 5.41) is 2.07. The lowest BCUT2D eigenvalue weighted by Crippen LogP contribution is -2.02. The molecule has 0 saturated heterocycles. The molecule has 0 aliphatic heterocycles. The normalized spacial score (nSPS) is 10.8. The Balaban J connectivity index is 0. The van der Waals surface area contributed by atoms with E-state index in [0.29, 0.717) is 13.0 Å².